The molecule has 17 heavy (non-hydrogen) atoms. The van der Waals surface area contributed by atoms with Gasteiger partial charge in [-0.15, -0.1) is 0 Å². The Balaban J connectivity index is 2.91. The molecule has 0 spiro atoms. The molecule has 1 atom stereocenters. The van der Waals surface area contributed by atoms with E-state index in [4.69, 9.17) is 0 Å². The highest BCUT2D eigenvalue weighted by Gasteiger charge is 2.08. The number of benzene rings is 1. The lowest BCUT2D eigenvalue weighted by atomic mass is 10.1. The van der Waals surface area contributed by atoms with Gasteiger partial charge in [-0.05, 0) is 18.1 Å². The zero-order chi connectivity index (χ0) is 12.8. The van der Waals surface area contributed by atoms with Crippen molar-refractivity contribution in [3.63, 3.8) is 0 Å². The van der Waals surface area contributed by atoms with Gasteiger partial charge in [-0.3, -0.25) is 0 Å². The first-order chi connectivity index (χ1) is 8.02. The van der Waals surface area contributed by atoms with Gasteiger partial charge in [-0.25, -0.2) is 13.0 Å². The van der Waals surface area contributed by atoms with E-state index in [0.717, 1.165) is 0 Å². The third-order valence-corrected chi connectivity index (χ3v) is 3.35. The van der Waals surface area contributed by atoms with Crippen molar-refractivity contribution in [1.82, 2.24) is 0 Å². The van der Waals surface area contributed by atoms with E-state index in [9.17, 15) is 13.0 Å². The third kappa shape index (κ3) is 4.73. The minimum Gasteiger partial charge on any atom is -0.244 e. The predicted molar refractivity (Wildman–Crippen MR) is 66.8 cm³/mol. The van der Waals surface area contributed by atoms with Crippen molar-refractivity contribution in [2.24, 2.45) is 10.3 Å². The van der Waals surface area contributed by atoms with Crippen molar-refractivity contribution in [2.75, 3.05) is 12.4 Å². The molecule has 0 N–H and O–H groups in total. The second-order valence-electron chi connectivity index (χ2n) is 4.06. The summed E-state index contributed by atoms with van der Waals surface area (Å²) in [6.45, 7) is 2.96. The number of hydrogen-bond acceptors (Lipinski definition) is 1. The van der Waals surface area contributed by atoms with E-state index in [1.54, 1.807) is 6.07 Å². The van der Waals surface area contributed by atoms with E-state index in [0.29, 0.717) is 11.3 Å². The topological polar surface area (TPSA) is 29.4 Å². The van der Waals surface area contributed by atoms with Gasteiger partial charge in [-0.2, -0.15) is 4.40 Å². The average Bonchev–Trinajstić information content (AvgIpc) is 2.24. The lowest BCUT2D eigenvalue weighted by molar-refractivity contribution is 0.581. The Morgan fingerprint density at radius 2 is 2.18 bits per heavy atom. The van der Waals surface area contributed by atoms with Crippen molar-refractivity contribution in [1.29, 1.82) is 0 Å². The number of hydrogen-bond donors (Lipinski definition) is 0. The predicted octanol–water partition coefficient (Wildman–Crippen LogP) is 2.90. The van der Waals surface area contributed by atoms with E-state index in [1.165, 1.54) is 18.2 Å². The van der Waals surface area contributed by atoms with Crippen molar-refractivity contribution >= 4 is 16.7 Å². The molecule has 94 valence electrons. The molecule has 1 aromatic rings. The van der Waals surface area contributed by atoms with Crippen molar-refractivity contribution < 1.29 is 13.0 Å². The monoisotopic (exact) mass is 259 g/mol. The number of alkyl halides is 1. The molecule has 0 aliphatic rings. The van der Waals surface area contributed by atoms with Crippen LogP contribution in [-0.2, 0) is 11.0 Å². The summed E-state index contributed by atoms with van der Waals surface area (Å²) in [6.07, 6.45) is 0. The molecule has 0 bridgehead atoms. The first kappa shape index (κ1) is 14.0. The molecule has 0 heterocycles. The minimum absolute atomic E-state index is 0.0310. The van der Waals surface area contributed by atoms with Gasteiger partial charge in [0, 0.05) is 11.3 Å². The molecule has 0 saturated heterocycles. The van der Waals surface area contributed by atoms with Crippen LogP contribution in [0.4, 0.5) is 8.78 Å². The molecular formula is C12H15F2NOS. The summed E-state index contributed by atoms with van der Waals surface area (Å²) in [4.78, 5) is 0. The van der Waals surface area contributed by atoms with Crippen molar-refractivity contribution in [2.45, 2.75) is 13.8 Å². The standard InChI is InChI=1S/C12H15F2NOS/c1-9(2)8-17(16)15-12(7-13)10-4-3-5-11(14)6-10/h3-6,9H,7-8H2,1-2H3/t17-/m1/s1. The number of nitrogens with zero attached hydrogens (tertiary/aromatic N) is 1. The summed E-state index contributed by atoms with van der Waals surface area (Å²) >= 11 is 0. The maximum Gasteiger partial charge on any atom is 0.139 e. The second kappa shape index (κ2) is 6.59. The van der Waals surface area contributed by atoms with Crippen LogP contribution in [0.1, 0.15) is 19.4 Å². The first-order valence-electron chi connectivity index (χ1n) is 5.31. The summed E-state index contributed by atoms with van der Waals surface area (Å²) in [5.41, 5.74) is 0.369. The van der Waals surface area contributed by atoms with Gasteiger partial charge < -0.3 is 0 Å². The van der Waals surface area contributed by atoms with Crippen molar-refractivity contribution in [3.05, 3.63) is 35.6 Å². The Morgan fingerprint density at radius 3 is 2.71 bits per heavy atom. The Bertz CT molecular complexity index is 432. The summed E-state index contributed by atoms with van der Waals surface area (Å²) in [6, 6.07) is 5.48. The zero-order valence-electron chi connectivity index (χ0n) is 9.82. The van der Waals surface area contributed by atoms with E-state index in [1.807, 2.05) is 13.8 Å². The first-order valence-corrected chi connectivity index (χ1v) is 6.58. The highest BCUT2D eigenvalue weighted by Crippen LogP contribution is 2.08. The van der Waals surface area contributed by atoms with Crippen LogP contribution in [0.2, 0.25) is 0 Å². The quantitative estimate of drug-likeness (QED) is 0.748. The number of halogens is 2. The molecule has 0 radical (unpaired) electrons. The van der Waals surface area contributed by atoms with Crippen LogP contribution < -0.4 is 0 Å². The molecule has 0 aromatic heterocycles. The van der Waals surface area contributed by atoms with Crippen LogP contribution in [0.25, 0.3) is 0 Å². The molecule has 0 aliphatic carbocycles. The van der Waals surface area contributed by atoms with E-state index < -0.39 is 23.5 Å². The summed E-state index contributed by atoms with van der Waals surface area (Å²) in [5, 5.41) is 0. The molecular weight excluding hydrogens is 244 g/mol. The Hall–Kier alpha value is -1.10. The van der Waals surface area contributed by atoms with Gasteiger partial charge >= 0.3 is 0 Å². The lowest BCUT2D eigenvalue weighted by Gasteiger charge is -2.04. The van der Waals surface area contributed by atoms with Gasteiger partial charge in [0.25, 0.3) is 0 Å². The van der Waals surface area contributed by atoms with Crippen LogP contribution in [0.5, 0.6) is 0 Å². The SMILES string of the molecule is CC(C)C[S@@](=O)N=C(CF)c1cccc(F)c1. The molecule has 5 heteroatoms. The number of rotatable bonds is 5. The molecule has 0 unspecified atom stereocenters. The average molecular weight is 259 g/mol. The largest absolute Gasteiger partial charge is 0.244 e. The third-order valence-electron chi connectivity index (χ3n) is 1.97. The normalized spacial score (nSPS) is 14.1. The smallest absolute Gasteiger partial charge is 0.139 e. The van der Waals surface area contributed by atoms with Gasteiger partial charge in [0.2, 0.25) is 0 Å². The van der Waals surface area contributed by atoms with Crippen molar-refractivity contribution in [3.8, 4) is 0 Å². The van der Waals surface area contributed by atoms with Gasteiger partial charge in [0.1, 0.15) is 23.5 Å². The lowest BCUT2D eigenvalue weighted by Crippen LogP contribution is -2.09. The highest BCUT2D eigenvalue weighted by atomic mass is 32.2. The molecule has 0 amide bonds. The van der Waals surface area contributed by atoms with E-state index in [-0.39, 0.29) is 11.6 Å². The fraction of sp³-hybridized carbons (Fsp3) is 0.417. The molecule has 2 nitrogen and oxygen atoms in total. The summed E-state index contributed by atoms with van der Waals surface area (Å²) < 4.78 is 41.1. The van der Waals surface area contributed by atoms with Crippen LogP contribution in [0.15, 0.2) is 28.7 Å². The van der Waals surface area contributed by atoms with Crippen LogP contribution in [-0.4, -0.2) is 22.3 Å². The molecule has 0 fully saturated rings. The Morgan fingerprint density at radius 1 is 1.47 bits per heavy atom. The highest BCUT2D eigenvalue weighted by molar-refractivity contribution is 7.83. The van der Waals surface area contributed by atoms with Gasteiger partial charge in [0.05, 0.1) is 5.71 Å². The molecule has 0 aliphatic heterocycles. The fourth-order valence-electron chi connectivity index (χ4n) is 1.27. The summed E-state index contributed by atoms with van der Waals surface area (Å²) in [5.74, 6) is 0.130. The van der Waals surface area contributed by atoms with Gasteiger partial charge in [-0.1, -0.05) is 26.0 Å². The van der Waals surface area contributed by atoms with Crippen LogP contribution in [0.3, 0.4) is 0 Å². The summed E-state index contributed by atoms with van der Waals surface area (Å²) in [7, 11) is -1.46. The van der Waals surface area contributed by atoms with E-state index >= 15 is 0 Å². The van der Waals surface area contributed by atoms with Gasteiger partial charge in [0.15, 0.2) is 0 Å². The maximum absolute atomic E-state index is 13.0. The molecule has 0 saturated carbocycles. The Labute approximate surface area is 102 Å². The zero-order valence-corrected chi connectivity index (χ0v) is 10.6. The van der Waals surface area contributed by atoms with E-state index in [2.05, 4.69) is 4.40 Å². The fourth-order valence-corrected chi connectivity index (χ4v) is 2.31. The van der Waals surface area contributed by atoms with Crippen LogP contribution >= 0.6 is 0 Å². The Kier molecular flexibility index (Phi) is 5.41. The minimum atomic E-state index is -1.46. The molecule has 1 rings (SSSR count). The molecule has 1 aromatic carbocycles. The maximum atomic E-state index is 13.0. The second-order valence-corrected chi connectivity index (χ2v) is 5.22. The van der Waals surface area contributed by atoms with Crippen LogP contribution in [0, 0.1) is 11.7 Å².